The molecule has 1 atom stereocenters. The lowest BCUT2D eigenvalue weighted by atomic mass is 10.1. The Balaban J connectivity index is 1.72. The summed E-state index contributed by atoms with van der Waals surface area (Å²) in [6.45, 7) is 5.35. The first-order chi connectivity index (χ1) is 16.0. The van der Waals surface area contributed by atoms with Gasteiger partial charge in [0.05, 0.1) is 12.2 Å². The van der Waals surface area contributed by atoms with E-state index in [-0.39, 0.29) is 17.8 Å². The lowest BCUT2D eigenvalue weighted by molar-refractivity contribution is 0.628. The van der Waals surface area contributed by atoms with Gasteiger partial charge in [-0.1, -0.05) is 30.3 Å². The molecule has 2 aromatic carbocycles. The van der Waals surface area contributed by atoms with Gasteiger partial charge in [-0.15, -0.1) is 0 Å². The Kier molecular flexibility index (Phi) is 6.35. The van der Waals surface area contributed by atoms with Crippen LogP contribution in [0.4, 0.5) is 16.2 Å². The van der Waals surface area contributed by atoms with Gasteiger partial charge in [0.2, 0.25) is 11.9 Å². The molecular weight excluding hydrogens is 421 g/mol. The van der Waals surface area contributed by atoms with Gasteiger partial charge in [0.15, 0.2) is 5.82 Å². The number of nitrogens with two attached hydrogens (primary N) is 1. The second-order valence-corrected chi connectivity index (χ2v) is 7.08. The highest BCUT2D eigenvalue weighted by molar-refractivity contribution is 5.80. The molecule has 4 rings (SSSR count). The van der Waals surface area contributed by atoms with Crippen molar-refractivity contribution in [3.8, 4) is 17.2 Å². The number of rotatable bonds is 7. The van der Waals surface area contributed by atoms with Gasteiger partial charge in [0.1, 0.15) is 17.5 Å². The lowest BCUT2D eigenvalue weighted by Crippen LogP contribution is -2.26. The van der Waals surface area contributed by atoms with Crippen molar-refractivity contribution >= 4 is 24.4 Å². The Bertz CT molecular complexity index is 1270. The monoisotopic (exact) mass is 443 g/mol. The van der Waals surface area contributed by atoms with E-state index in [1.165, 1.54) is 12.1 Å². The number of aliphatic imine (C=N–C) groups is 1. The van der Waals surface area contributed by atoms with Crippen LogP contribution in [0.5, 0.6) is 0 Å². The molecule has 166 valence electrons. The number of hydrazone groups is 1. The summed E-state index contributed by atoms with van der Waals surface area (Å²) < 4.78 is 15.2. The third-order valence-electron chi connectivity index (χ3n) is 4.76. The predicted molar refractivity (Wildman–Crippen MR) is 127 cm³/mol. The molecule has 0 aliphatic rings. The van der Waals surface area contributed by atoms with E-state index in [1.807, 2.05) is 37.3 Å². The largest absolute Gasteiger partial charge is 0.368 e. The topological polar surface area (TPSA) is 118 Å². The van der Waals surface area contributed by atoms with Crippen LogP contribution in [-0.4, -0.2) is 32.2 Å². The Labute approximate surface area is 190 Å². The van der Waals surface area contributed by atoms with Crippen molar-refractivity contribution < 1.29 is 4.39 Å². The zero-order valence-electron chi connectivity index (χ0n) is 17.9. The molecule has 0 bridgehead atoms. The van der Waals surface area contributed by atoms with E-state index in [0.717, 1.165) is 5.56 Å². The summed E-state index contributed by atoms with van der Waals surface area (Å²) in [4.78, 5) is 17.7. The van der Waals surface area contributed by atoms with Crippen LogP contribution in [0, 0.1) is 5.82 Å². The number of halogens is 1. The van der Waals surface area contributed by atoms with E-state index in [4.69, 9.17) is 5.73 Å². The Morgan fingerprint density at radius 1 is 1.09 bits per heavy atom. The third kappa shape index (κ3) is 5.18. The standard InChI is InChI=1S/C23H22FN9/c1-15(16-6-4-3-5-7-16)28-23-27-13-12-20(31-23)33-14-19(30-22(25)32-26-2)29-21(33)17-8-10-18(24)11-9-17/h3-15H,2H2,1H3,(H3,25,30,32)(H,27,28,31). The highest BCUT2D eigenvalue weighted by Gasteiger charge is 2.15. The summed E-state index contributed by atoms with van der Waals surface area (Å²) in [6, 6.07) is 17.7. The first kappa shape index (κ1) is 21.6. The molecule has 0 spiro atoms. The molecule has 2 aromatic heterocycles. The number of imidazole rings is 1. The average Bonchev–Trinajstić information content (AvgIpc) is 3.24. The van der Waals surface area contributed by atoms with Crippen LogP contribution < -0.4 is 16.5 Å². The summed E-state index contributed by atoms with van der Waals surface area (Å²) >= 11 is 0. The number of guanidine groups is 1. The van der Waals surface area contributed by atoms with Gasteiger partial charge >= 0.3 is 0 Å². The van der Waals surface area contributed by atoms with Crippen LogP contribution in [-0.2, 0) is 0 Å². The van der Waals surface area contributed by atoms with Crippen molar-refractivity contribution in [3.63, 3.8) is 0 Å². The first-order valence-electron chi connectivity index (χ1n) is 10.1. The van der Waals surface area contributed by atoms with Gasteiger partial charge < -0.3 is 11.1 Å². The number of hydrogen-bond acceptors (Lipinski definition) is 6. The van der Waals surface area contributed by atoms with E-state index >= 15 is 0 Å². The van der Waals surface area contributed by atoms with Crippen molar-refractivity contribution in [2.75, 3.05) is 5.32 Å². The molecule has 9 nitrogen and oxygen atoms in total. The third-order valence-corrected chi connectivity index (χ3v) is 4.76. The maximum Gasteiger partial charge on any atom is 0.225 e. The molecule has 33 heavy (non-hydrogen) atoms. The van der Waals surface area contributed by atoms with Crippen LogP contribution in [0.3, 0.4) is 0 Å². The molecule has 4 aromatic rings. The summed E-state index contributed by atoms with van der Waals surface area (Å²) in [7, 11) is 0. The van der Waals surface area contributed by atoms with Crippen LogP contribution in [0.2, 0.25) is 0 Å². The minimum Gasteiger partial charge on any atom is -0.368 e. The van der Waals surface area contributed by atoms with Crippen LogP contribution in [0.1, 0.15) is 18.5 Å². The summed E-state index contributed by atoms with van der Waals surface area (Å²) in [5.74, 6) is 1.51. The van der Waals surface area contributed by atoms with Gasteiger partial charge in [-0.2, -0.15) is 15.1 Å². The van der Waals surface area contributed by atoms with Crippen molar-refractivity contribution in [2.45, 2.75) is 13.0 Å². The summed E-state index contributed by atoms with van der Waals surface area (Å²) in [6.07, 6.45) is 3.32. The SMILES string of the molecule is C=NNC(N)=Nc1cn(-c2ccnc(NC(C)c3ccccc3)n2)c(-c2ccc(F)cc2)n1. The Hall–Kier alpha value is -4.60. The summed E-state index contributed by atoms with van der Waals surface area (Å²) in [5.41, 5.74) is 10.0. The number of nitrogens with one attached hydrogen (secondary N) is 2. The van der Waals surface area contributed by atoms with Crippen molar-refractivity contribution in [3.05, 3.63) is 84.4 Å². The Morgan fingerprint density at radius 3 is 2.58 bits per heavy atom. The molecule has 10 heteroatoms. The number of benzene rings is 2. The van der Waals surface area contributed by atoms with Crippen molar-refractivity contribution in [1.29, 1.82) is 0 Å². The van der Waals surface area contributed by atoms with Gasteiger partial charge in [0, 0.05) is 18.5 Å². The van der Waals surface area contributed by atoms with Crippen molar-refractivity contribution in [2.24, 2.45) is 15.8 Å². The van der Waals surface area contributed by atoms with Crippen LogP contribution in [0.15, 0.2) is 83.2 Å². The van der Waals surface area contributed by atoms with E-state index in [2.05, 4.69) is 42.5 Å². The second kappa shape index (κ2) is 9.69. The Morgan fingerprint density at radius 2 is 1.85 bits per heavy atom. The molecule has 0 radical (unpaired) electrons. The smallest absolute Gasteiger partial charge is 0.225 e. The van der Waals surface area contributed by atoms with Gasteiger partial charge in [-0.05, 0) is 42.8 Å². The zero-order chi connectivity index (χ0) is 23.2. The zero-order valence-corrected chi connectivity index (χ0v) is 17.9. The molecular formula is C23H22FN9. The van der Waals surface area contributed by atoms with Gasteiger partial charge in [-0.25, -0.2) is 19.8 Å². The quantitative estimate of drug-likeness (QED) is 0.227. The van der Waals surface area contributed by atoms with E-state index in [1.54, 1.807) is 35.2 Å². The van der Waals surface area contributed by atoms with E-state index in [9.17, 15) is 4.39 Å². The minimum atomic E-state index is -0.343. The number of anilines is 1. The normalized spacial score (nSPS) is 12.2. The average molecular weight is 443 g/mol. The molecule has 0 aliphatic carbocycles. The highest BCUT2D eigenvalue weighted by atomic mass is 19.1. The number of nitrogens with zero attached hydrogens (tertiary/aromatic N) is 6. The maximum atomic E-state index is 13.5. The molecule has 0 fully saturated rings. The lowest BCUT2D eigenvalue weighted by Gasteiger charge is -2.15. The van der Waals surface area contributed by atoms with E-state index in [0.29, 0.717) is 29.0 Å². The minimum absolute atomic E-state index is 0.00163. The molecule has 1 unspecified atom stereocenters. The fraction of sp³-hybridized carbons (Fsp3) is 0.0870. The molecule has 0 saturated carbocycles. The summed E-state index contributed by atoms with van der Waals surface area (Å²) in [5, 5.41) is 6.80. The second-order valence-electron chi connectivity index (χ2n) is 7.08. The van der Waals surface area contributed by atoms with Crippen molar-refractivity contribution in [1.82, 2.24) is 24.9 Å². The molecule has 0 saturated heterocycles. The van der Waals surface area contributed by atoms with Gasteiger partial charge in [0.25, 0.3) is 0 Å². The fourth-order valence-electron chi connectivity index (χ4n) is 3.20. The van der Waals surface area contributed by atoms with Gasteiger partial charge in [-0.3, -0.25) is 4.57 Å². The number of aromatic nitrogens is 4. The predicted octanol–water partition coefficient (Wildman–Crippen LogP) is 3.79. The molecule has 0 amide bonds. The molecule has 0 aliphatic heterocycles. The van der Waals surface area contributed by atoms with Crippen LogP contribution in [0.25, 0.3) is 17.2 Å². The molecule has 2 heterocycles. The first-order valence-corrected chi connectivity index (χ1v) is 10.1. The van der Waals surface area contributed by atoms with Crippen LogP contribution >= 0.6 is 0 Å². The van der Waals surface area contributed by atoms with E-state index < -0.39 is 0 Å². The molecule has 4 N–H and O–H groups in total. The fourth-order valence-corrected chi connectivity index (χ4v) is 3.20. The maximum absolute atomic E-state index is 13.5. The number of hydrogen-bond donors (Lipinski definition) is 3. The highest BCUT2D eigenvalue weighted by Crippen LogP contribution is 2.26.